The molecule has 7 heteroatoms. The quantitative estimate of drug-likeness (QED) is 0.502. The molecule has 1 saturated carbocycles. The minimum Gasteiger partial charge on any atom is -0.396 e. The van der Waals surface area contributed by atoms with Crippen molar-refractivity contribution in [2.24, 2.45) is 5.41 Å². The van der Waals surface area contributed by atoms with Gasteiger partial charge in [-0.25, -0.2) is 4.39 Å². The molecule has 0 aliphatic heterocycles. The maximum Gasteiger partial charge on any atom is 0.285 e. The molecule has 6 nitrogen and oxygen atoms in total. The molecule has 0 aromatic heterocycles. The number of nitrogens with zero attached hydrogens (tertiary/aromatic N) is 1. The summed E-state index contributed by atoms with van der Waals surface area (Å²) >= 11 is 0. The van der Waals surface area contributed by atoms with Gasteiger partial charge in [-0.2, -0.15) is 0 Å². The Hall–Kier alpha value is -2.18. The molecule has 0 spiro atoms. The van der Waals surface area contributed by atoms with E-state index in [-0.39, 0.29) is 16.7 Å². The van der Waals surface area contributed by atoms with Crippen LogP contribution in [-0.4, -0.2) is 17.4 Å². The highest BCUT2D eigenvalue weighted by Crippen LogP contribution is 2.39. The summed E-state index contributed by atoms with van der Waals surface area (Å²) in [5, 5.41) is 13.5. The van der Waals surface area contributed by atoms with Crippen LogP contribution in [0.15, 0.2) is 12.1 Å². The van der Waals surface area contributed by atoms with Crippen LogP contribution < -0.4 is 11.1 Å². The van der Waals surface area contributed by atoms with Crippen LogP contribution in [0.2, 0.25) is 0 Å². The number of carbonyl (C=O) groups is 1. The monoisotopic (exact) mass is 281 g/mol. The third kappa shape index (κ3) is 2.71. The van der Waals surface area contributed by atoms with E-state index >= 15 is 0 Å². The zero-order valence-corrected chi connectivity index (χ0v) is 11.1. The Kier molecular flexibility index (Phi) is 3.61. The zero-order valence-electron chi connectivity index (χ0n) is 11.1. The summed E-state index contributed by atoms with van der Waals surface area (Å²) in [6.07, 6.45) is 3.15. The van der Waals surface area contributed by atoms with Gasteiger partial charge in [0.2, 0.25) is 0 Å². The van der Waals surface area contributed by atoms with E-state index in [0.29, 0.717) is 12.6 Å². The van der Waals surface area contributed by atoms with Crippen LogP contribution in [0.1, 0.15) is 36.5 Å². The lowest BCUT2D eigenvalue weighted by atomic mass is 9.70. The molecule has 0 radical (unpaired) electrons. The predicted molar refractivity (Wildman–Crippen MR) is 71.8 cm³/mol. The predicted octanol–water partition coefficient (Wildman–Crippen LogP) is 2.24. The lowest BCUT2D eigenvalue weighted by Gasteiger charge is -2.38. The van der Waals surface area contributed by atoms with E-state index in [1.54, 1.807) is 0 Å². The van der Waals surface area contributed by atoms with Crippen molar-refractivity contribution in [1.82, 2.24) is 5.32 Å². The SMILES string of the molecule is CC1(CNC(=O)c2cc(N)c(F)cc2[N+](=O)[O-])CCC1. The van der Waals surface area contributed by atoms with Gasteiger partial charge in [-0.1, -0.05) is 13.3 Å². The molecular formula is C13H16FN3O3. The smallest absolute Gasteiger partial charge is 0.285 e. The van der Waals surface area contributed by atoms with Crippen molar-refractivity contribution in [2.45, 2.75) is 26.2 Å². The molecular weight excluding hydrogens is 265 g/mol. The summed E-state index contributed by atoms with van der Waals surface area (Å²) in [7, 11) is 0. The number of nitrogen functional groups attached to an aromatic ring is 1. The van der Waals surface area contributed by atoms with Gasteiger partial charge in [-0.05, 0) is 24.3 Å². The van der Waals surface area contributed by atoms with Gasteiger partial charge in [0.1, 0.15) is 5.56 Å². The van der Waals surface area contributed by atoms with Crippen molar-refractivity contribution in [3.05, 3.63) is 33.6 Å². The fraction of sp³-hybridized carbons (Fsp3) is 0.462. The molecule has 108 valence electrons. The van der Waals surface area contributed by atoms with Crippen molar-refractivity contribution in [3.8, 4) is 0 Å². The Bertz CT molecular complexity index is 570. The summed E-state index contributed by atoms with van der Waals surface area (Å²) in [4.78, 5) is 22.1. The van der Waals surface area contributed by atoms with Gasteiger partial charge >= 0.3 is 0 Å². The standard InChI is InChI=1S/C13H16FN3O3/c1-13(3-2-4-13)7-16-12(18)8-5-10(15)9(14)6-11(8)17(19)20/h5-6H,2-4,7,15H2,1H3,(H,16,18). The summed E-state index contributed by atoms with van der Waals surface area (Å²) in [5.74, 6) is -1.50. The average Bonchev–Trinajstić information content (AvgIpc) is 2.36. The summed E-state index contributed by atoms with van der Waals surface area (Å²) in [6.45, 7) is 2.49. The van der Waals surface area contributed by atoms with Crippen molar-refractivity contribution in [2.75, 3.05) is 12.3 Å². The number of nitrogens with two attached hydrogens (primary N) is 1. The minimum atomic E-state index is -0.904. The normalized spacial score (nSPS) is 16.3. The van der Waals surface area contributed by atoms with Crippen molar-refractivity contribution in [3.63, 3.8) is 0 Å². The fourth-order valence-corrected chi connectivity index (χ4v) is 2.26. The number of nitro groups is 1. The molecule has 0 atom stereocenters. The Balaban J connectivity index is 2.20. The van der Waals surface area contributed by atoms with Crippen LogP contribution >= 0.6 is 0 Å². The lowest BCUT2D eigenvalue weighted by molar-refractivity contribution is -0.385. The van der Waals surface area contributed by atoms with E-state index in [9.17, 15) is 19.3 Å². The average molecular weight is 281 g/mol. The number of hydrogen-bond acceptors (Lipinski definition) is 4. The van der Waals surface area contributed by atoms with Crippen molar-refractivity contribution < 1.29 is 14.1 Å². The van der Waals surface area contributed by atoms with E-state index < -0.39 is 22.3 Å². The van der Waals surface area contributed by atoms with Crippen molar-refractivity contribution in [1.29, 1.82) is 0 Å². The number of halogens is 1. The summed E-state index contributed by atoms with van der Waals surface area (Å²) in [5.41, 5.74) is 4.35. The first-order valence-electron chi connectivity index (χ1n) is 6.34. The number of hydrogen-bond donors (Lipinski definition) is 2. The highest BCUT2D eigenvalue weighted by molar-refractivity contribution is 5.99. The Morgan fingerprint density at radius 3 is 2.70 bits per heavy atom. The molecule has 20 heavy (non-hydrogen) atoms. The molecule has 1 aromatic rings. The third-order valence-electron chi connectivity index (χ3n) is 3.79. The highest BCUT2D eigenvalue weighted by atomic mass is 19.1. The van der Waals surface area contributed by atoms with Crippen LogP contribution in [0.5, 0.6) is 0 Å². The van der Waals surface area contributed by atoms with Crippen LogP contribution in [-0.2, 0) is 0 Å². The number of carbonyl (C=O) groups excluding carboxylic acids is 1. The molecule has 1 aromatic carbocycles. The lowest BCUT2D eigenvalue weighted by Crippen LogP contribution is -2.40. The summed E-state index contributed by atoms with van der Waals surface area (Å²) < 4.78 is 13.3. The number of nitro benzene ring substituents is 1. The maximum atomic E-state index is 13.3. The van der Waals surface area contributed by atoms with Gasteiger partial charge in [0, 0.05) is 6.54 Å². The van der Waals surface area contributed by atoms with Gasteiger partial charge in [-0.15, -0.1) is 0 Å². The number of benzene rings is 1. The van der Waals surface area contributed by atoms with Crippen LogP contribution in [0.4, 0.5) is 15.8 Å². The molecule has 0 heterocycles. The second-order valence-electron chi connectivity index (χ2n) is 5.49. The van der Waals surface area contributed by atoms with Gasteiger partial charge in [0.15, 0.2) is 5.82 Å². The highest BCUT2D eigenvalue weighted by Gasteiger charge is 2.32. The molecule has 0 bridgehead atoms. The first-order valence-corrected chi connectivity index (χ1v) is 6.34. The summed E-state index contributed by atoms with van der Waals surface area (Å²) in [6, 6.07) is 1.68. The molecule has 2 rings (SSSR count). The number of nitrogens with one attached hydrogen (secondary N) is 1. The zero-order chi connectivity index (χ0) is 14.9. The Morgan fingerprint density at radius 1 is 1.55 bits per heavy atom. The third-order valence-corrected chi connectivity index (χ3v) is 3.79. The fourth-order valence-electron chi connectivity index (χ4n) is 2.26. The Morgan fingerprint density at radius 2 is 2.20 bits per heavy atom. The maximum absolute atomic E-state index is 13.3. The second-order valence-corrected chi connectivity index (χ2v) is 5.49. The largest absolute Gasteiger partial charge is 0.396 e. The van der Waals surface area contributed by atoms with E-state index in [4.69, 9.17) is 5.73 Å². The number of anilines is 1. The molecule has 0 saturated heterocycles. The molecule has 1 aliphatic rings. The molecule has 1 amide bonds. The molecule has 1 aliphatic carbocycles. The van der Waals surface area contributed by atoms with E-state index in [1.165, 1.54) is 0 Å². The first kappa shape index (κ1) is 14.2. The van der Waals surface area contributed by atoms with E-state index in [2.05, 4.69) is 5.32 Å². The van der Waals surface area contributed by atoms with E-state index in [0.717, 1.165) is 25.3 Å². The number of amides is 1. The molecule has 3 N–H and O–H groups in total. The van der Waals surface area contributed by atoms with Crippen LogP contribution in [0.3, 0.4) is 0 Å². The van der Waals surface area contributed by atoms with E-state index in [1.807, 2.05) is 6.92 Å². The van der Waals surface area contributed by atoms with Gasteiger partial charge in [0.25, 0.3) is 11.6 Å². The first-order chi connectivity index (χ1) is 9.32. The second kappa shape index (κ2) is 5.07. The minimum absolute atomic E-state index is 0.0516. The Labute approximate surface area is 115 Å². The van der Waals surface area contributed by atoms with Gasteiger partial charge in [0.05, 0.1) is 16.7 Å². The van der Waals surface area contributed by atoms with Gasteiger partial charge < -0.3 is 11.1 Å². The molecule has 0 unspecified atom stereocenters. The molecule has 1 fully saturated rings. The number of rotatable bonds is 4. The van der Waals surface area contributed by atoms with Crippen LogP contribution in [0.25, 0.3) is 0 Å². The van der Waals surface area contributed by atoms with Gasteiger partial charge in [-0.3, -0.25) is 14.9 Å². The topological polar surface area (TPSA) is 98.3 Å². The van der Waals surface area contributed by atoms with Crippen molar-refractivity contribution >= 4 is 17.3 Å². The van der Waals surface area contributed by atoms with Crippen LogP contribution in [0, 0.1) is 21.3 Å².